The first kappa shape index (κ1) is 21.9. The zero-order valence-electron chi connectivity index (χ0n) is 19.8. The molecule has 0 bridgehead atoms. The van der Waals surface area contributed by atoms with Crippen molar-refractivity contribution < 1.29 is 19.0 Å². The van der Waals surface area contributed by atoms with Crippen molar-refractivity contribution in [3.05, 3.63) is 29.8 Å². The summed E-state index contributed by atoms with van der Waals surface area (Å²) in [4.78, 5) is 17.3. The third-order valence-electron chi connectivity index (χ3n) is 8.92. The van der Waals surface area contributed by atoms with Crippen molar-refractivity contribution in [2.45, 2.75) is 50.5 Å². The smallest absolute Gasteiger partial charge is 0.230 e. The Morgan fingerprint density at radius 1 is 1.03 bits per heavy atom. The van der Waals surface area contributed by atoms with Gasteiger partial charge in [0.2, 0.25) is 5.91 Å². The van der Waals surface area contributed by atoms with Gasteiger partial charge < -0.3 is 24.0 Å². The molecule has 4 saturated heterocycles. The van der Waals surface area contributed by atoms with E-state index in [1.165, 1.54) is 50.8 Å². The molecule has 5 fully saturated rings. The maximum atomic E-state index is 12.5. The van der Waals surface area contributed by atoms with Gasteiger partial charge in [0.1, 0.15) is 5.75 Å². The van der Waals surface area contributed by atoms with Crippen LogP contribution >= 0.6 is 0 Å². The first-order valence-corrected chi connectivity index (χ1v) is 13.1. The fourth-order valence-corrected chi connectivity index (χ4v) is 6.64. The summed E-state index contributed by atoms with van der Waals surface area (Å²) >= 11 is 0. The molecule has 6 nitrogen and oxygen atoms in total. The second-order valence-corrected chi connectivity index (χ2v) is 11.2. The molecule has 6 rings (SSSR count). The van der Waals surface area contributed by atoms with Crippen LogP contribution in [-0.4, -0.2) is 81.0 Å². The molecule has 1 unspecified atom stereocenters. The Bertz CT molecular complexity index is 838. The van der Waals surface area contributed by atoms with Crippen LogP contribution in [0.2, 0.25) is 0 Å². The van der Waals surface area contributed by atoms with Crippen LogP contribution in [0.15, 0.2) is 24.3 Å². The topological polar surface area (TPSA) is 51.2 Å². The van der Waals surface area contributed by atoms with Crippen molar-refractivity contribution in [3.63, 3.8) is 0 Å². The zero-order chi connectivity index (χ0) is 22.3. The highest BCUT2D eigenvalue weighted by Gasteiger charge is 2.52. The number of benzene rings is 1. The lowest BCUT2D eigenvalue weighted by Crippen LogP contribution is -2.61. The molecule has 1 amide bonds. The largest absolute Gasteiger partial charge is 0.493 e. The van der Waals surface area contributed by atoms with E-state index in [9.17, 15) is 4.79 Å². The quantitative estimate of drug-likeness (QED) is 0.633. The molecular weight excluding hydrogens is 416 g/mol. The predicted octanol–water partition coefficient (Wildman–Crippen LogP) is 3.31. The lowest BCUT2D eigenvalue weighted by molar-refractivity contribution is -0.161. The van der Waals surface area contributed by atoms with Crippen LogP contribution in [0.1, 0.15) is 50.0 Å². The summed E-state index contributed by atoms with van der Waals surface area (Å²) < 4.78 is 16.7. The zero-order valence-corrected chi connectivity index (χ0v) is 19.8. The predicted molar refractivity (Wildman–Crippen MR) is 125 cm³/mol. The fourth-order valence-electron chi connectivity index (χ4n) is 6.64. The van der Waals surface area contributed by atoms with E-state index in [4.69, 9.17) is 14.2 Å². The molecule has 4 aliphatic heterocycles. The first-order chi connectivity index (χ1) is 16.2. The van der Waals surface area contributed by atoms with Crippen molar-refractivity contribution in [1.82, 2.24) is 9.80 Å². The van der Waals surface area contributed by atoms with E-state index >= 15 is 0 Å². The Labute approximate surface area is 197 Å². The molecule has 1 aliphatic carbocycles. The Morgan fingerprint density at radius 3 is 2.48 bits per heavy atom. The number of hydrogen-bond donors (Lipinski definition) is 0. The van der Waals surface area contributed by atoms with Gasteiger partial charge in [-0.1, -0.05) is 18.2 Å². The molecule has 4 heterocycles. The lowest BCUT2D eigenvalue weighted by Gasteiger charge is -2.50. The van der Waals surface area contributed by atoms with Crippen LogP contribution in [0, 0.1) is 17.3 Å². The van der Waals surface area contributed by atoms with Gasteiger partial charge in [-0.2, -0.15) is 0 Å². The number of piperidine rings is 1. The van der Waals surface area contributed by atoms with Gasteiger partial charge in [-0.3, -0.25) is 4.79 Å². The number of ether oxygens (including phenoxy) is 3. The van der Waals surface area contributed by atoms with Gasteiger partial charge in [0.15, 0.2) is 0 Å². The van der Waals surface area contributed by atoms with E-state index in [1.807, 2.05) is 0 Å². The summed E-state index contributed by atoms with van der Waals surface area (Å²) in [7, 11) is 0. The molecule has 6 heteroatoms. The molecule has 1 saturated carbocycles. The average molecular weight is 455 g/mol. The highest BCUT2D eigenvalue weighted by Crippen LogP contribution is 2.48. The lowest BCUT2D eigenvalue weighted by atomic mass is 9.77. The number of para-hydroxylation sites is 1. The van der Waals surface area contributed by atoms with Gasteiger partial charge in [0, 0.05) is 30.5 Å². The SMILES string of the molecule is O=C(C1COC1)N1CC2(CCC(N3CCC(c4ccccc4OCCC4COC4)CC3)C2)C1. The molecule has 0 aromatic heterocycles. The van der Waals surface area contributed by atoms with Crippen LogP contribution in [0.4, 0.5) is 0 Å². The molecule has 0 N–H and O–H groups in total. The summed E-state index contributed by atoms with van der Waals surface area (Å²) in [6.07, 6.45) is 7.37. The van der Waals surface area contributed by atoms with Crippen molar-refractivity contribution in [2.24, 2.45) is 17.3 Å². The van der Waals surface area contributed by atoms with Crippen LogP contribution < -0.4 is 4.74 Å². The summed E-state index contributed by atoms with van der Waals surface area (Å²) in [5.74, 6) is 2.84. The van der Waals surface area contributed by atoms with Gasteiger partial charge in [-0.05, 0) is 69.2 Å². The Balaban J connectivity index is 0.981. The van der Waals surface area contributed by atoms with E-state index < -0.39 is 0 Å². The third kappa shape index (κ3) is 4.42. The summed E-state index contributed by atoms with van der Waals surface area (Å²) in [6.45, 7) is 8.17. The number of carbonyl (C=O) groups is 1. The van der Waals surface area contributed by atoms with Crippen LogP contribution in [0.3, 0.4) is 0 Å². The molecule has 1 aromatic rings. The minimum absolute atomic E-state index is 0.137. The van der Waals surface area contributed by atoms with Crippen LogP contribution in [-0.2, 0) is 14.3 Å². The molecule has 0 radical (unpaired) electrons. The minimum Gasteiger partial charge on any atom is -0.493 e. The van der Waals surface area contributed by atoms with E-state index in [1.54, 1.807) is 0 Å². The number of likely N-dealkylation sites (tertiary alicyclic amines) is 2. The molecular formula is C27H38N2O4. The maximum absolute atomic E-state index is 12.5. The fraction of sp³-hybridized carbons (Fsp3) is 0.741. The molecule has 1 atom stereocenters. The van der Waals surface area contributed by atoms with Crippen molar-refractivity contribution >= 4 is 5.91 Å². The van der Waals surface area contributed by atoms with E-state index in [0.29, 0.717) is 42.4 Å². The highest BCUT2D eigenvalue weighted by molar-refractivity contribution is 5.80. The van der Waals surface area contributed by atoms with Gasteiger partial charge in [0.25, 0.3) is 0 Å². The van der Waals surface area contributed by atoms with E-state index in [-0.39, 0.29) is 5.92 Å². The number of hydrogen-bond acceptors (Lipinski definition) is 5. The highest BCUT2D eigenvalue weighted by atomic mass is 16.5. The second-order valence-electron chi connectivity index (χ2n) is 11.2. The molecule has 5 aliphatic rings. The molecule has 33 heavy (non-hydrogen) atoms. The van der Waals surface area contributed by atoms with Crippen molar-refractivity contribution in [2.75, 3.05) is 59.2 Å². The van der Waals surface area contributed by atoms with Crippen molar-refractivity contribution in [1.29, 1.82) is 0 Å². The van der Waals surface area contributed by atoms with Gasteiger partial charge in [-0.15, -0.1) is 0 Å². The molecule has 180 valence electrons. The number of amides is 1. The molecule has 1 aromatic carbocycles. The Kier molecular flexibility index (Phi) is 6.10. The number of carbonyl (C=O) groups excluding carboxylic acids is 1. The second kappa shape index (κ2) is 9.20. The van der Waals surface area contributed by atoms with E-state index in [2.05, 4.69) is 34.1 Å². The number of nitrogens with zero attached hydrogens (tertiary/aromatic N) is 2. The average Bonchev–Trinajstić information content (AvgIpc) is 3.20. The molecule has 1 spiro atoms. The number of rotatable bonds is 7. The van der Waals surface area contributed by atoms with Crippen LogP contribution in [0.25, 0.3) is 0 Å². The standard InChI is InChI=1S/C27H38N2O4/c30-26(22-16-32-17-22)29-18-27(19-29)9-5-23(13-27)28-10-6-21(7-11-28)24-3-1-2-4-25(24)33-12-8-20-14-31-15-20/h1-4,20-23H,5-19H2. The maximum Gasteiger partial charge on any atom is 0.230 e. The van der Waals surface area contributed by atoms with Gasteiger partial charge in [0.05, 0.1) is 39.0 Å². The Hall–Kier alpha value is -1.63. The monoisotopic (exact) mass is 454 g/mol. The Morgan fingerprint density at radius 2 is 1.79 bits per heavy atom. The minimum atomic E-state index is 0.137. The summed E-state index contributed by atoms with van der Waals surface area (Å²) in [6, 6.07) is 9.39. The van der Waals surface area contributed by atoms with Gasteiger partial charge >= 0.3 is 0 Å². The van der Waals surface area contributed by atoms with Gasteiger partial charge in [-0.25, -0.2) is 0 Å². The van der Waals surface area contributed by atoms with Crippen molar-refractivity contribution in [3.8, 4) is 5.75 Å². The normalized spacial score (nSPS) is 28.4. The van der Waals surface area contributed by atoms with E-state index in [0.717, 1.165) is 45.1 Å². The summed E-state index contributed by atoms with van der Waals surface area (Å²) in [5.41, 5.74) is 1.80. The first-order valence-electron chi connectivity index (χ1n) is 13.1. The van der Waals surface area contributed by atoms with Crippen LogP contribution in [0.5, 0.6) is 5.75 Å². The third-order valence-corrected chi connectivity index (χ3v) is 8.92. The summed E-state index contributed by atoms with van der Waals surface area (Å²) in [5, 5.41) is 0.